The average Bonchev–Trinajstić information content (AvgIpc) is 3.15. The number of nitrogens with zero attached hydrogens (tertiary/aromatic N) is 1. The molecule has 2 saturated carbocycles. The second-order valence-electron chi connectivity index (χ2n) is 9.25. The number of amides is 3. The van der Waals surface area contributed by atoms with Gasteiger partial charge >= 0.3 is 6.03 Å². The van der Waals surface area contributed by atoms with Crippen LogP contribution in [0.1, 0.15) is 70.6 Å². The minimum Gasteiger partial charge on any atom is -0.353 e. The first-order valence-electron chi connectivity index (χ1n) is 11.2. The molecule has 0 aromatic carbocycles. The molecule has 0 bridgehead atoms. The van der Waals surface area contributed by atoms with E-state index in [1.165, 1.54) is 38.5 Å². The van der Waals surface area contributed by atoms with Gasteiger partial charge < -0.3 is 20.9 Å². The highest BCUT2D eigenvalue weighted by atomic mass is 35.5. The SMILES string of the molecule is Cl.O=C(NC1CCCCC1)N1CCC(NC(=O)[C@@]23CCCC[C@H]2CNC3)CC1. The van der Waals surface area contributed by atoms with Crippen molar-refractivity contribution in [2.24, 2.45) is 11.3 Å². The van der Waals surface area contributed by atoms with Crippen molar-refractivity contribution < 1.29 is 9.59 Å². The summed E-state index contributed by atoms with van der Waals surface area (Å²) >= 11 is 0. The summed E-state index contributed by atoms with van der Waals surface area (Å²) in [5, 5.41) is 10.0. The molecule has 4 aliphatic rings. The van der Waals surface area contributed by atoms with Crippen LogP contribution in [0.15, 0.2) is 0 Å². The molecule has 4 fully saturated rings. The first-order valence-corrected chi connectivity index (χ1v) is 11.2. The molecule has 28 heavy (non-hydrogen) atoms. The highest BCUT2D eigenvalue weighted by molar-refractivity contribution is 5.85. The fourth-order valence-electron chi connectivity index (χ4n) is 5.76. The van der Waals surface area contributed by atoms with E-state index in [-0.39, 0.29) is 35.8 Å². The molecule has 3 N–H and O–H groups in total. The van der Waals surface area contributed by atoms with Gasteiger partial charge in [0.15, 0.2) is 0 Å². The number of carbonyl (C=O) groups is 2. The van der Waals surface area contributed by atoms with E-state index in [1.54, 1.807) is 0 Å². The van der Waals surface area contributed by atoms with Gasteiger partial charge in [-0.2, -0.15) is 0 Å². The van der Waals surface area contributed by atoms with Gasteiger partial charge in [-0.15, -0.1) is 12.4 Å². The summed E-state index contributed by atoms with van der Waals surface area (Å²) < 4.78 is 0. The number of urea groups is 1. The van der Waals surface area contributed by atoms with Gasteiger partial charge in [0.25, 0.3) is 0 Å². The molecule has 3 amide bonds. The van der Waals surface area contributed by atoms with Crippen molar-refractivity contribution in [3.8, 4) is 0 Å². The van der Waals surface area contributed by atoms with E-state index in [9.17, 15) is 9.59 Å². The number of carbonyl (C=O) groups excluding carboxylic acids is 2. The molecule has 0 spiro atoms. The van der Waals surface area contributed by atoms with Gasteiger partial charge in [-0.3, -0.25) is 4.79 Å². The second kappa shape index (κ2) is 9.66. The maximum absolute atomic E-state index is 13.1. The van der Waals surface area contributed by atoms with Crippen LogP contribution in [0.2, 0.25) is 0 Å². The number of hydrogen-bond acceptors (Lipinski definition) is 3. The lowest BCUT2D eigenvalue weighted by atomic mass is 9.67. The molecule has 2 aliphatic heterocycles. The standard InChI is InChI=1S/C21H36N4O2.ClH/c26-19(21-11-5-4-6-16(21)14-22-15-21)23-18-9-12-25(13-10-18)20(27)24-17-7-2-1-3-8-17;/h16-18,22H,1-15H2,(H,23,26)(H,24,27);1H/t16-,21+;/m0./s1. The Kier molecular flexibility index (Phi) is 7.48. The molecule has 7 heteroatoms. The number of likely N-dealkylation sites (tertiary alicyclic amines) is 1. The van der Waals surface area contributed by atoms with Crippen LogP contribution in [0.4, 0.5) is 4.79 Å². The van der Waals surface area contributed by atoms with Gasteiger partial charge in [0.05, 0.1) is 5.41 Å². The van der Waals surface area contributed by atoms with Crippen LogP contribution in [0, 0.1) is 11.3 Å². The third-order valence-corrected chi connectivity index (χ3v) is 7.54. The van der Waals surface area contributed by atoms with Crippen LogP contribution in [0.3, 0.4) is 0 Å². The summed E-state index contributed by atoms with van der Waals surface area (Å²) in [5.41, 5.74) is -0.173. The van der Waals surface area contributed by atoms with E-state index >= 15 is 0 Å². The number of nitrogens with one attached hydrogen (secondary N) is 3. The van der Waals surface area contributed by atoms with Crippen molar-refractivity contribution in [2.45, 2.75) is 82.7 Å². The van der Waals surface area contributed by atoms with Crippen LogP contribution in [-0.2, 0) is 4.79 Å². The molecule has 2 aliphatic carbocycles. The minimum atomic E-state index is -0.173. The maximum atomic E-state index is 13.1. The Labute approximate surface area is 175 Å². The number of piperidine rings is 1. The Morgan fingerprint density at radius 2 is 1.54 bits per heavy atom. The summed E-state index contributed by atoms with van der Waals surface area (Å²) in [4.78, 5) is 27.6. The van der Waals surface area contributed by atoms with Crippen molar-refractivity contribution in [1.82, 2.24) is 20.9 Å². The van der Waals surface area contributed by atoms with E-state index in [2.05, 4.69) is 16.0 Å². The first kappa shape index (κ1) is 21.7. The summed E-state index contributed by atoms with van der Waals surface area (Å²) in [6, 6.07) is 0.673. The highest BCUT2D eigenvalue weighted by Gasteiger charge is 2.50. The van der Waals surface area contributed by atoms with Gasteiger partial charge in [0.2, 0.25) is 5.91 Å². The minimum absolute atomic E-state index is 0. The normalized spacial score (nSPS) is 31.6. The van der Waals surface area contributed by atoms with Gasteiger partial charge in [-0.05, 0) is 51.0 Å². The molecular formula is C21H37ClN4O2. The van der Waals surface area contributed by atoms with Crippen molar-refractivity contribution >= 4 is 24.3 Å². The Morgan fingerprint density at radius 3 is 2.29 bits per heavy atom. The van der Waals surface area contributed by atoms with Crippen LogP contribution in [0.5, 0.6) is 0 Å². The number of hydrogen-bond donors (Lipinski definition) is 3. The zero-order valence-corrected chi connectivity index (χ0v) is 17.8. The van der Waals surface area contributed by atoms with E-state index in [0.29, 0.717) is 12.0 Å². The fraction of sp³-hybridized carbons (Fsp3) is 0.905. The number of fused-ring (bicyclic) bond motifs is 1. The van der Waals surface area contributed by atoms with Crippen molar-refractivity contribution in [1.29, 1.82) is 0 Å². The summed E-state index contributed by atoms with van der Waals surface area (Å²) in [7, 11) is 0. The predicted molar refractivity (Wildman–Crippen MR) is 113 cm³/mol. The third-order valence-electron chi connectivity index (χ3n) is 7.54. The first-order chi connectivity index (χ1) is 13.2. The predicted octanol–water partition coefficient (Wildman–Crippen LogP) is 2.81. The third kappa shape index (κ3) is 4.59. The molecule has 0 radical (unpaired) electrons. The average molecular weight is 413 g/mol. The molecule has 4 rings (SSSR count). The van der Waals surface area contributed by atoms with E-state index < -0.39 is 0 Å². The number of halogens is 1. The summed E-state index contributed by atoms with van der Waals surface area (Å²) in [6.45, 7) is 3.33. The van der Waals surface area contributed by atoms with Gasteiger partial charge in [-0.1, -0.05) is 32.1 Å². The Hall–Kier alpha value is -1.01. The second-order valence-corrected chi connectivity index (χ2v) is 9.25. The molecule has 0 aromatic rings. The lowest BCUT2D eigenvalue weighted by Gasteiger charge is -2.40. The van der Waals surface area contributed by atoms with Crippen LogP contribution < -0.4 is 16.0 Å². The van der Waals surface area contributed by atoms with Crippen molar-refractivity contribution in [3.05, 3.63) is 0 Å². The monoisotopic (exact) mass is 412 g/mol. The number of rotatable bonds is 3. The van der Waals surface area contributed by atoms with E-state index in [4.69, 9.17) is 0 Å². The fourth-order valence-corrected chi connectivity index (χ4v) is 5.76. The molecule has 6 nitrogen and oxygen atoms in total. The lowest BCUT2D eigenvalue weighted by molar-refractivity contribution is -0.135. The molecule has 2 saturated heterocycles. The Bertz CT molecular complexity index is 547. The molecule has 0 unspecified atom stereocenters. The summed E-state index contributed by atoms with van der Waals surface area (Å²) in [6.07, 6.45) is 12.4. The van der Waals surface area contributed by atoms with Crippen LogP contribution in [0.25, 0.3) is 0 Å². The van der Waals surface area contributed by atoms with Crippen molar-refractivity contribution in [2.75, 3.05) is 26.2 Å². The molecule has 0 aromatic heterocycles. The van der Waals surface area contributed by atoms with Crippen LogP contribution >= 0.6 is 12.4 Å². The molecule has 160 valence electrons. The summed E-state index contributed by atoms with van der Waals surface area (Å²) in [5.74, 6) is 0.773. The topological polar surface area (TPSA) is 73.5 Å². The zero-order chi connectivity index (χ0) is 18.7. The zero-order valence-electron chi connectivity index (χ0n) is 17.0. The highest BCUT2D eigenvalue weighted by Crippen LogP contribution is 2.44. The lowest BCUT2D eigenvalue weighted by Crippen LogP contribution is -2.55. The van der Waals surface area contributed by atoms with E-state index in [1.807, 2.05) is 4.90 Å². The smallest absolute Gasteiger partial charge is 0.317 e. The molecular weight excluding hydrogens is 376 g/mol. The molecule has 2 atom stereocenters. The molecule has 2 heterocycles. The largest absolute Gasteiger partial charge is 0.353 e. The Balaban J connectivity index is 0.00000225. The van der Waals surface area contributed by atoms with Crippen LogP contribution in [-0.4, -0.2) is 55.1 Å². The van der Waals surface area contributed by atoms with Crippen molar-refractivity contribution in [3.63, 3.8) is 0 Å². The van der Waals surface area contributed by atoms with Gasteiger partial charge in [0, 0.05) is 31.7 Å². The Morgan fingerprint density at radius 1 is 0.857 bits per heavy atom. The maximum Gasteiger partial charge on any atom is 0.317 e. The quantitative estimate of drug-likeness (QED) is 0.667. The van der Waals surface area contributed by atoms with Gasteiger partial charge in [-0.25, -0.2) is 4.79 Å². The van der Waals surface area contributed by atoms with Gasteiger partial charge in [0.1, 0.15) is 0 Å². The van der Waals surface area contributed by atoms with E-state index in [0.717, 1.165) is 58.3 Å².